The first-order valence-electron chi connectivity index (χ1n) is 12.0. The fourth-order valence-corrected chi connectivity index (χ4v) is 5.80. The van der Waals surface area contributed by atoms with Crippen LogP contribution in [0, 0.1) is 5.41 Å². The number of hydrogen-bond donors (Lipinski definition) is 2. The monoisotopic (exact) mass is 486 g/mol. The van der Waals surface area contributed by atoms with Gasteiger partial charge >= 0.3 is 0 Å². The minimum atomic E-state index is -2.49. The molecule has 1 saturated heterocycles. The number of pyridine rings is 2. The van der Waals surface area contributed by atoms with Crippen LogP contribution in [-0.4, -0.2) is 44.2 Å². The first-order valence-corrected chi connectivity index (χ1v) is 12.0. The Balaban J connectivity index is 1.11. The number of nitrogens with zero attached hydrogens (tertiary/aromatic N) is 4. The predicted octanol–water partition coefficient (Wildman–Crippen LogP) is 5.88. The molecule has 36 heavy (non-hydrogen) atoms. The first-order chi connectivity index (χ1) is 17.4. The second-order valence-electron chi connectivity index (χ2n) is 10.2. The molecule has 2 aliphatic rings. The lowest BCUT2D eigenvalue weighted by Crippen LogP contribution is -2.66. The average molecular weight is 487 g/mol. The summed E-state index contributed by atoms with van der Waals surface area (Å²) in [7, 11) is 0. The van der Waals surface area contributed by atoms with Gasteiger partial charge in [-0.2, -0.15) is 5.10 Å². The smallest absolute Gasteiger partial charge is 0.249 e. The molecule has 7 rings (SSSR count). The Kier molecular flexibility index (Phi) is 4.43. The van der Waals surface area contributed by atoms with Crippen LogP contribution >= 0.6 is 0 Å². The van der Waals surface area contributed by atoms with Gasteiger partial charge in [0.15, 0.2) is 0 Å². The van der Waals surface area contributed by atoms with Crippen LogP contribution in [0.3, 0.4) is 0 Å². The molecule has 5 aromatic rings. The Labute approximate surface area is 205 Å². The van der Waals surface area contributed by atoms with Crippen LogP contribution in [0.1, 0.15) is 31.4 Å². The summed E-state index contributed by atoms with van der Waals surface area (Å²) in [4.78, 5) is 14.2. The van der Waals surface area contributed by atoms with Crippen molar-refractivity contribution >= 4 is 27.8 Å². The van der Waals surface area contributed by atoms with E-state index >= 15 is 0 Å². The molecule has 1 spiro atoms. The van der Waals surface area contributed by atoms with Crippen molar-refractivity contribution in [2.75, 3.05) is 18.0 Å². The largest absolute Gasteiger partial charge is 0.486 e. The molecule has 1 atom stereocenters. The Morgan fingerprint density at radius 3 is 2.67 bits per heavy atom. The summed E-state index contributed by atoms with van der Waals surface area (Å²) in [5.74, 6) is -0.936. The van der Waals surface area contributed by atoms with Crippen LogP contribution in [0.2, 0.25) is 0 Å². The zero-order valence-corrected chi connectivity index (χ0v) is 19.6. The second kappa shape index (κ2) is 7.49. The van der Waals surface area contributed by atoms with Gasteiger partial charge in [0.2, 0.25) is 5.92 Å². The zero-order valence-electron chi connectivity index (χ0n) is 19.6. The van der Waals surface area contributed by atoms with Crippen molar-refractivity contribution < 1.29 is 13.5 Å². The molecule has 1 aliphatic heterocycles. The average Bonchev–Trinajstić information content (AvgIpc) is 3.47. The number of benzene rings is 1. The summed E-state index contributed by atoms with van der Waals surface area (Å²) in [6.07, 6.45) is 5.27. The van der Waals surface area contributed by atoms with E-state index in [1.807, 2.05) is 55.6 Å². The van der Waals surface area contributed by atoms with Crippen LogP contribution in [0.25, 0.3) is 33.2 Å². The minimum absolute atomic E-state index is 0.00586. The summed E-state index contributed by atoms with van der Waals surface area (Å²) in [6, 6.07) is 13.8. The molecule has 1 aliphatic carbocycles. The molecular formula is C27H24F2N6O. The van der Waals surface area contributed by atoms with E-state index in [1.165, 1.54) is 0 Å². The Morgan fingerprint density at radius 2 is 1.89 bits per heavy atom. The highest BCUT2D eigenvalue weighted by Crippen LogP contribution is 2.57. The van der Waals surface area contributed by atoms with Crippen LogP contribution in [0.5, 0.6) is 5.75 Å². The third kappa shape index (κ3) is 3.41. The van der Waals surface area contributed by atoms with E-state index in [0.717, 1.165) is 50.3 Å². The molecule has 4 aromatic heterocycles. The lowest BCUT2D eigenvalue weighted by Gasteiger charge is -2.59. The third-order valence-electron chi connectivity index (χ3n) is 7.44. The van der Waals surface area contributed by atoms with E-state index < -0.39 is 5.92 Å². The highest BCUT2D eigenvalue weighted by molar-refractivity contribution is 5.93. The van der Waals surface area contributed by atoms with E-state index in [0.29, 0.717) is 13.1 Å². The number of nitrogens with one attached hydrogen (secondary N) is 2. The van der Waals surface area contributed by atoms with Gasteiger partial charge in [0.05, 0.1) is 5.52 Å². The lowest BCUT2D eigenvalue weighted by atomic mass is 9.61. The molecule has 2 fully saturated rings. The molecule has 0 radical (unpaired) electrons. The Bertz CT molecular complexity index is 1580. The van der Waals surface area contributed by atoms with Gasteiger partial charge < -0.3 is 14.6 Å². The number of H-pyrrole nitrogens is 2. The number of alkyl halides is 2. The number of halogens is 2. The number of rotatable bonds is 5. The summed E-state index contributed by atoms with van der Waals surface area (Å²) < 4.78 is 32.9. The molecule has 0 bridgehead atoms. The first kappa shape index (κ1) is 21.3. The fraction of sp³-hybridized carbons (Fsp3) is 0.296. The molecule has 9 heteroatoms. The highest BCUT2D eigenvalue weighted by Gasteiger charge is 2.61. The Hall–Kier alpha value is -4.01. The minimum Gasteiger partial charge on any atom is -0.486 e. The van der Waals surface area contributed by atoms with Crippen molar-refractivity contribution in [3.05, 3.63) is 66.6 Å². The number of hydrogen-bond acceptors (Lipinski definition) is 5. The topological polar surface area (TPSA) is 82.7 Å². The molecule has 182 valence electrons. The van der Waals surface area contributed by atoms with Gasteiger partial charge in [-0.1, -0.05) is 0 Å². The van der Waals surface area contributed by atoms with Crippen LogP contribution in [-0.2, 0) is 0 Å². The third-order valence-corrected chi connectivity index (χ3v) is 7.44. The quantitative estimate of drug-likeness (QED) is 0.324. The van der Waals surface area contributed by atoms with Crippen LogP contribution in [0.4, 0.5) is 14.6 Å². The highest BCUT2D eigenvalue weighted by atomic mass is 19.3. The van der Waals surface area contributed by atoms with Gasteiger partial charge in [0.25, 0.3) is 0 Å². The van der Waals surface area contributed by atoms with E-state index in [-0.39, 0.29) is 24.4 Å². The molecule has 7 nitrogen and oxygen atoms in total. The molecule has 1 saturated carbocycles. The zero-order chi connectivity index (χ0) is 24.5. The predicted molar refractivity (Wildman–Crippen MR) is 133 cm³/mol. The molecule has 0 amide bonds. The molecule has 0 unspecified atom stereocenters. The van der Waals surface area contributed by atoms with Crippen molar-refractivity contribution in [3.63, 3.8) is 0 Å². The standard InChI is InChI=1S/C27H24F2N6O/c1-16(19-6-8-30-25-20(19)7-9-31-25)36-18-3-4-22-21(10-18)24(34-33-22)17-2-5-23(32-11-17)35-14-26(15-35)12-27(28,29)13-26/h2-11,16H,12-15H2,1H3,(H,30,31)(H,33,34)/t16-/m1/s1. The van der Waals surface area contributed by atoms with Crippen molar-refractivity contribution in [3.8, 4) is 17.0 Å². The van der Waals surface area contributed by atoms with Gasteiger partial charge in [-0.3, -0.25) is 5.10 Å². The number of aromatic nitrogens is 5. The molecule has 2 N–H and O–H groups in total. The van der Waals surface area contributed by atoms with E-state index in [1.54, 1.807) is 12.4 Å². The summed E-state index contributed by atoms with van der Waals surface area (Å²) in [5.41, 5.74) is 4.25. The summed E-state index contributed by atoms with van der Waals surface area (Å²) in [5, 5.41) is 9.59. The van der Waals surface area contributed by atoms with Crippen LogP contribution < -0.4 is 9.64 Å². The molecular weight excluding hydrogens is 462 g/mol. The van der Waals surface area contributed by atoms with E-state index in [9.17, 15) is 8.78 Å². The molecule has 1 aromatic carbocycles. The Morgan fingerprint density at radius 1 is 1.03 bits per heavy atom. The summed E-state index contributed by atoms with van der Waals surface area (Å²) in [6.45, 7) is 3.31. The van der Waals surface area contributed by atoms with Crippen molar-refractivity contribution in [2.45, 2.75) is 31.8 Å². The normalized spacial score (nSPS) is 18.8. The lowest BCUT2D eigenvalue weighted by molar-refractivity contribution is -0.170. The number of aromatic amines is 2. The number of anilines is 1. The van der Waals surface area contributed by atoms with Gasteiger partial charge in [-0.05, 0) is 49.4 Å². The van der Waals surface area contributed by atoms with Gasteiger partial charge in [0.1, 0.15) is 29.0 Å². The van der Waals surface area contributed by atoms with Gasteiger partial charge in [-0.25, -0.2) is 18.7 Å². The number of fused-ring (bicyclic) bond motifs is 2. The second-order valence-corrected chi connectivity index (χ2v) is 10.2. The van der Waals surface area contributed by atoms with Crippen molar-refractivity contribution in [2.24, 2.45) is 5.41 Å². The van der Waals surface area contributed by atoms with Crippen molar-refractivity contribution in [1.29, 1.82) is 0 Å². The van der Waals surface area contributed by atoms with Gasteiger partial charge in [-0.15, -0.1) is 0 Å². The van der Waals surface area contributed by atoms with Crippen LogP contribution in [0.15, 0.2) is 61.1 Å². The SMILES string of the molecule is C[C@@H](Oc1ccc2[nH]nc(-c3ccc(N4CC5(C4)CC(F)(F)C5)nc3)c2c1)c1ccnc2[nH]ccc12. The van der Waals surface area contributed by atoms with E-state index in [2.05, 4.69) is 30.0 Å². The maximum absolute atomic E-state index is 13.3. The molecule has 5 heterocycles. The maximum Gasteiger partial charge on any atom is 0.249 e. The van der Waals surface area contributed by atoms with E-state index in [4.69, 9.17) is 4.74 Å². The van der Waals surface area contributed by atoms with Gasteiger partial charge in [0, 0.05) is 71.8 Å². The fourth-order valence-electron chi connectivity index (χ4n) is 5.80. The maximum atomic E-state index is 13.3. The number of ether oxygens (including phenoxy) is 1. The summed E-state index contributed by atoms with van der Waals surface area (Å²) >= 11 is 0. The van der Waals surface area contributed by atoms with Crippen molar-refractivity contribution in [1.82, 2.24) is 25.1 Å².